The van der Waals surface area contributed by atoms with Crippen LogP contribution >= 0.6 is 23.2 Å². The summed E-state index contributed by atoms with van der Waals surface area (Å²) < 4.78 is 3.66. The Kier molecular flexibility index (Phi) is 11.1. The van der Waals surface area contributed by atoms with E-state index in [2.05, 4.69) is 20.4 Å². The summed E-state index contributed by atoms with van der Waals surface area (Å²) in [6.45, 7) is 8.08. The standard InChI is InChI=1S/C44H52Cl2N8O6/c1-42(2,21-34(55)56)25-54-19-12-33-31(23-54)48-38(52(33)4)40(58)50-29-10-6-8-27(36(29)46)26-7-5-9-28(35(26)45)49-39(57)37-47-30-22-53(18-11-32(30)51(37)3)20-17-43-13-15-44(24-43,16-14-43)41(59)60/h5-10H,11-25H2,1-4H3,(H,49,57)(H,50,58)(H,55,56)(H,59,60). The molecule has 2 aliphatic carbocycles. The van der Waals surface area contributed by atoms with E-state index in [0.29, 0.717) is 48.6 Å². The molecule has 8 rings (SSSR count). The molecule has 0 spiro atoms. The lowest BCUT2D eigenvalue weighted by Crippen LogP contribution is -2.39. The van der Waals surface area contributed by atoms with Crippen LogP contribution in [-0.2, 0) is 49.6 Å². The third-order valence-corrected chi connectivity index (χ3v) is 14.3. The number of carbonyl (C=O) groups is 4. The molecule has 2 saturated carbocycles. The molecule has 0 atom stereocenters. The predicted octanol–water partition coefficient (Wildman–Crippen LogP) is 7.27. The van der Waals surface area contributed by atoms with Gasteiger partial charge in [-0.2, -0.15) is 0 Å². The van der Waals surface area contributed by atoms with Crippen molar-refractivity contribution in [2.45, 2.75) is 84.7 Å². The van der Waals surface area contributed by atoms with E-state index >= 15 is 0 Å². The van der Waals surface area contributed by atoms with Gasteiger partial charge >= 0.3 is 11.9 Å². The summed E-state index contributed by atoms with van der Waals surface area (Å²) in [4.78, 5) is 64.9. The number of fused-ring (bicyclic) bond motifs is 4. The zero-order valence-corrected chi connectivity index (χ0v) is 36.0. The van der Waals surface area contributed by atoms with Gasteiger partial charge < -0.3 is 30.0 Å². The van der Waals surface area contributed by atoms with E-state index in [1.165, 1.54) is 0 Å². The SMILES string of the molecule is Cn1c(C(=O)Nc2cccc(-c3cccc(NC(=O)c4nc5c(n4C)CCN(CC(C)(C)CC(=O)O)C5)c3Cl)c2Cl)nc2c1CCN(CCC13CCC(C(=O)O)(CC1)C3)C2. The summed E-state index contributed by atoms with van der Waals surface area (Å²) in [5.41, 5.74) is 4.72. The minimum absolute atomic E-state index is 0.0606. The number of halogens is 2. The first-order valence-corrected chi connectivity index (χ1v) is 21.4. The van der Waals surface area contributed by atoms with E-state index in [9.17, 15) is 29.4 Å². The summed E-state index contributed by atoms with van der Waals surface area (Å²) in [5, 5.41) is 25.6. The number of hydrogen-bond donors (Lipinski definition) is 4. The molecule has 318 valence electrons. The first kappa shape index (κ1) is 42.0. The minimum atomic E-state index is -0.830. The number of carbonyl (C=O) groups excluding carboxylic acids is 2. The van der Waals surface area contributed by atoms with Crippen LogP contribution in [0.5, 0.6) is 0 Å². The fraction of sp³-hybridized carbons (Fsp3) is 0.500. The van der Waals surface area contributed by atoms with Crippen molar-refractivity contribution in [1.82, 2.24) is 28.9 Å². The minimum Gasteiger partial charge on any atom is -0.481 e. The Labute approximate surface area is 359 Å². The zero-order chi connectivity index (χ0) is 42.7. The van der Waals surface area contributed by atoms with E-state index < -0.39 is 34.6 Å². The van der Waals surface area contributed by atoms with Crippen LogP contribution in [0.25, 0.3) is 11.1 Å². The Bertz CT molecular complexity index is 2400. The van der Waals surface area contributed by atoms with Gasteiger partial charge in [-0.3, -0.25) is 29.0 Å². The third-order valence-electron chi connectivity index (χ3n) is 13.5. The first-order valence-electron chi connectivity index (χ1n) is 20.7. The van der Waals surface area contributed by atoms with Crippen LogP contribution in [0.3, 0.4) is 0 Å². The highest BCUT2D eigenvalue weighted by atomic mass is 35.5. The third kappa shape index (κ3) is 7.94. The average Bonchev–Trinajstić information content (AvgIpc) is 3.95. The van der Waals surface area contributed by atoms with Gasteiger partial charge in [0, 0.05) is 82.2 Å². The molecule has 16 heteroatoms. The molecule has 2 aromatic heterocycles. The summed E-state index contributed by atoms with van der Waals surface area (Å²) >= 11 is 14.0. The van der Waals surface area contributed by atoms with Gasteiger partial charge in [0.2, 0.25) is 0 Å². The van der Waals surface area contributed by atoms with Crippen LogP contribution < -0.4 is 10.6 Å². The molecular weight excluding hydrogens is 807 g/mol. The highest BCUT2D eigenvalue weighted by molar-refractivity contribution is 6.40. The number of nitrogens with one attached hydrogen (secondary N) is 2. The van der Waals surface area contributed by atoms with Gasteiger partial charge in [0.15, 0.2) is 11.6 Å². The molecule has 4 heterocycles. The van der Waals surface area contributed by atoms with E-state index in [1.54, 1.807) is 41.0 Å². The molecule has 14 nitrogen and oxygen atoms in total. The second-order valence-electron chi connectivity index (χ2n) is 18.3. The molecule has 2 aromatic carbocycles. The average molecular weight is 860 g/mol. The lowest BCUT2D eigenvalue weighted by atomic mass is 9.80. The highest BCUT2D eigenvalue weighted by Gasteiger charge is 2.57. The topological polar surface area (TPSA) is 175 Å². The summed E-state index contributed by atoms with van der Waals surface area (Å²) in [7, 11) is 3.67. The van der Waals surface area contributed by atoms with Crippen LogP contribution in [0.4, 0.5) is 11.4 Å². The Morgan fingerprint density at radius 1 is 0.767 bits per heavy atom. The Morgan fingerprint density at radius 3 is 1.75 bits per heavy atom. The maximum Gasteiger partial charge on any atom is 0.309 e. The predicted molar refractivity (Wildman–Crippen MR) is 228 cm³/mol. The van der Waals surface area contributed by atoms with Gasteiger partial charge in [0.25, 0.3) is 11.8 Å². The number of anilines is 2. The number of benzene rings is 2. The largest absolute Gasteiger partial charge is 0.481 e. The Hall–Kier alpha value is -4.76. The number of aromatic nitrogens is 4. The van der Waals surface area contributed by atoms with Gasteiger partial charge in [-0.25, -0.2) is 9.97 Å². The van der Waals surface area contributed by atoms with E-state index in [1.807, 2.05) is 32.5 Å². The van der Waals surface area contributed by atoms with Crippen LogP contribution in [0.1, 0.15) is 103 Å². The first-order chi connectivity index (χ1) is 28.5. The molecule has 2 bridgehead atoms. The van der Waals surface area contributed by atoms with Crippen molar-refractivity contribution in [3.8, 4) is 11.1 Å². The van der Waals surface area contributed by atoms with Crippen LogP contribution in [-0.4, -0.2) is 89.0 Å². The molecule has 2 amide bonds. The second-order valence-corrected chi connectivity index (χ2v) is 19.0. The number of carboxylic acid groups (broad SMARTS) is 2. The lowest BCUT2D eigenvalue weighted by Gasteiger charge is -2.33. The van der Waals surface area contributed by atoms with Crippen LogP contribution in [0.15, 0.2) is 36.4 Å². The van der Waals surface area contributed by atoms with Gasteiger partial charge in [-0.15, -0.1) is 0 Å². The molecule has 60 heavy (non-hydrogen) atoms. The summed E-state index contributed by atoms with van der Waals surface area (Å²) in [6, 6.07) is 10.6. The molecular formula is C44H52Cl2N8O6. The highest BCUT2D eigenvalue weighted by Crippen LogP contribution is 2.63. The van der Waals surface area contributed by atoms with Crippen molar-refractivity contribution >= 4 is 58.3 Å². The fourth-order valence-electron chi connectivity index (χ4n) is 10.4. The monoisotopic (exact) mass is 858 g/mol. The molecule has 4 aromatic rings. The number of aliphatic carboxylic acids is 2. The number of hydrogen-bond acceptors (Lipinski definition) is 8. The number of nitrogens with zero attached hydrogens (tertiary/aromatic N) is 6. The molecule has 4 aliphatic rings. The fourth-order valence-corrected chi connectivity index (χ4v) is 10.9. The van der Waals surface area contributed by atoms with Crippen molar-refractivity contribution < 1.29 is 29.4 Å². The maximum atomic E-state index is 13.8. The summed E-state index contributed by atoms with van der Waals surface area (Å²) in [6.07, 6.45) is 6.80. The second kappa shape index (κ2) is 15.9. The van der Waals surface area contributed by atoms with E-state index in [-0.39, 0.29) is 33.5 Å². The van der Waals surface area contributed by atoms with Crippen molar-refractivity contribution in [2.24, 2.45) is 30.3 Å². The molecule has 0 saturated heterocycles. The van der Waals surface area contributed by atoms with Gasteiger partial charge in [-0.05, 0) is 68.0 Å². The van der Waals surface area contributed by atoms with Gasteiger partial charge in [0.1, 0.15) is 0 Å². The number of imidazole rings is 2. The summed E-state index contributed by atoms with van der Waals surface area (Å²) in [5.74, 6) is -1.76. The maximum absolute atomic E-state index is 13.8. The van der Waals surface area contributed by atoms with Gasteiger partial charge in [-0.1, -0.05) is 61.3 Å². The molecule has 2 aliphatic heterocycles. The normalized spacial score (nSPS) is 21.4. The van der Waals surface area contributed by atoms with Gasteiger partial charge in [0.05, 0.1) is 44.6 Å². The Balaban J connectivity index is 0.925. The number of amides is 2. The number of rotatable bonds is 13. The van der Waals surface area contributed by atoms with E-state index in [4.69, 9.17) is 33.2 Å². The molecule has 4 N–H and O–H groups in total. The van der Waals surface area contributed by atoms with Crippen LogP contribution in [0, 0.1) is 16.2 Å². The van der Waals surface area contributed by atoms with E-state index in [0.717, 1.165) is 87.4 Å². The van der Waals surface area contributed by atoms with Crippen molar-refractivity contribution in [1.29, 1.82) is 0 Å². The number of carboxylic acids is 2. The lowest BCUT2D eigenvalue weighted by molar-refractivity contribution is -0.148. The van der Waals surface area contributed by atoms with Crippen LogP contribution in [0.2, 0.25) is 10.0 Å². The van der Waals surface area contributed by atoms with Crippen molar-refractivity contribution in [3.63, 3.8) is 0 Å². The molecule has 2 fully saturated rings. The van der Waals surface area contributed by atoms with Crippen molar-refractivity contribution in [3.05, 3.63) is 80.9 Å². The Morgan fingerprint density at radius 2 is 1.27 bits per heavy atom. The van der Waals surface area contributed by atoms with Crippen molar-refractivity contribution in [2.75, 3.05) is 36.8 Å². The zero-order valence-electron chi connectivity index (χ0n) is 34.5. The molecule has 0 radical (unpaired) electrons. The quantitative estimate of drug-likeness (QED) is 0.107. The smallest absolute Gasteiger partial charge is 0.309 e. The molecule has 0 unspecified atom stereocenters.